The predicted octanol–water partition coefficient (Wildman–Crippen LogP) is 3.85. The maximum absolute atomic E-state index is 12.5. The fourth-order valence-corrected chi connectivity index (χ4v) is 5.85. The maximum Gasteiger partial charge on any atom is 0.222 e. The average molecular weight is 379 g/mol. The zero-order chi connectivity index (χ0) is 19.0. The number of hydrogen-bond donors (Lipinski definition) is 1. The van der Waals surface area contributed by atoms with Gasteiger partial charge in [0.05, 0.1) is 11.1 Å². The summed E-state index contributed by atoms with van der Waals surface area (Å²) in [6, 6.07) is 4.44. The third-order valence-corrected chi connectivity index (χ3v) is 7.78. The molecule has 3 rings (SSSR count). The fraction of sp³-hybridized carbons (Fsp3) is 0.762. The van der Waals surface area contributed by atoms with Crippen LogP contribution in [0.15, 0.2) is 17.5 Å². The molecule has 5 heteroatoms. The molecule has 0 bridgehead atoms. The Morgan fingerprint density at radius 2 is 1.96 bits per heavy atom. The summed E-state index contributed by atoms with van der Waals surface area (Å²) in [5.74, 6) is 0.215. The second-order valence-corrected chi connectivity index (χ2v) is 10.2. The summed E-state index contributed by atoms with van der Waals surface area (Å²) in [5.41, 5.74) is -0.289. The molecule has 1 saturated heterocycles. The van der Waals surface area contributed by atoms with Crippen LogP contribution in [-0.4, -0.2) is 53.6 Å². The van der Waals surface area contributed by atoms with Gasteiger partial charge in [-0.2, -0.15) is 0 Å². The van der Waals surface area contributed by atoms with Crippen LogP contribution in [-0.2, 0) is 10.3 Å². The van der Waals surface area contributed by atoms with E-state index in [2.05, 4.69) is 41.4 Å². The molecule has 2 aliphatic rings. The van der Waals surface area contributed by atoms with E-state index in [0.29, 0.717) is 18.3 Å². The van der Waals surface area contributed by atoms with Crippen LogP contribution >= 0.6 is 11.3 Å². The van der Waals surface area contributed by atoms with Gasteiger partial charge in [-0.1, -0.05) is 6.07 Å². The zero-order valence-electron chi connectivity index (χ0n) is 16.8. The molecule has 1 aliphatic heterocycles. The molecule has 0 radical (unpaired) electrons. The van der Waals surface area contributed by atoms with Crippen LogP contribution in [0.4, 0.5) is 0 Å². The molecule has 146 valence electrons. The summed E-state index contributed by atoms with van der Waals surface area (Å²) >= 11 is 1.87. The van der Waals surface area contributed by atoms with E-state index >= 15 is 0 Å². The lowest BCUT2D eigenvalue weighted by molar-refractivity contribution is -0.132. The number of thiophene rings is 1. The van der Waals surface area contributed by atoms with Crippen molar-refractivity contribution >= 4 is 17.2 Å². The van der Waals surface area contributed by atoms with Crippen molar-refractivity contribution < 1.29 is 9.90 Å². The van der Waals surface area contributed by atoms with Crippen LogP contribution in [0.3, 0.4) is 0 Å². The summed E-state index contributed by atoms with van der Waals surface area (Å²) in [6.45, 7) is 5.35. The second-order valence-electron chi connectivity index (χ2n) is 9.28. The highest BCUT2D eigenvalue weighted by atomic mass is 32.1. The first-order valence-electron chi connectivity index (χ1n) is 9.88. The largest absolute Gasteiger partial charge is 0.390 e. The highest BCUT2D eigenvalue weighted by Crippen LogP contribution is 2.52. The van der Waals surface area contributed by atoms with Crippen LogP contribution in [0, 0.1) is 5.41 Å². The first-order chi connectivity index (χ1) is 12.2. The van der Waals surface area contributed by atoms with Gasteiger partial charge in [-0.05, 0) is 83.3 Å². The maximum atomic E-state index is 12.5. The summed E-state index contributed by atoms with van der Waals surface area (Å²) in [5, 5.41) is 12.1. The highest BCUT2D eigenvalue weighted by molar-refractivity contribution is 7.10. The standard InChI is InChI=1S/C21H34N2O2S/c1-19(2,25)8-7-18(24)23-14-13-20(16-23)9-11-21(12-10-20,22(3)4)17-6-5-15-26-17/h5-6,15,25H,7-14,16H2,1-4H3. The van der Waals surface area contributed by atoms with Crippen molar-refractivity contribution in [2.75, 3.05) is 27.2 Å². The van der Waals surface area contributed by atoms with Gasteiger partial charge < -0.3 is 10.0 Å². The lowest BCUT2D eigenvalue weighted by Crippen LogP contribution is -2.47. The van der Waals surface area contributed by atoms with Crippen LogP contribution in [0.1, 0.15) is 63.7 Å². The summed E-state index contributed by atoms with van der Waals surface area (Å²) < 4.78 is 0. The molecule has 0 unspecified atom stereocenters. The smallest absolute Gasteiger partial charge is 0.222 e. The Balaban J connectivity index is 1.62. The molecule has 1 spiro atoms. The van der Waals surface area contributed by atoms with Gasteiger partial charge in [0.1, 0.15) is 0 Å². The molecule has 2 fully saturated rings. The Bertz CT molecular complexity index is 610. The van der Waals surface area contributed by atoms with Crippen LogP contribution in [0.5, 0.6) is 0 Å². The minimum absolute atomic E-state index is 0.164. The van der Waals surface area contributed by atoms with Crippen molar-refractivity contribution in [1.82, 2.24) is 9.80 Å². The summed E-state index contributed by atoms with van der Waals surface area (Å²) in [4.78, 5) is 18.5. The average Bonchev–Trinajstić information content (AvgIpc) is 3.24. The number of carbonyl (C=O) groups excluding carboxylic acids is 1. The Kier molecular flexibility index (Phi) is 5.53. The fourth-order valence-electron chi connectivity index (χ4n) is 4.78. The summed E-state index contributed by atoms with van der Waals surface area (Å²) in [7, 11) is 4.41. The number of nitrogens with zero attached hydrogens (tertiary/aromatic N) is 2. The van der Waals surface area contributed by atoms with E-state index in [-0.39, 0.29) is 11.4 Å². The molecule has 1 aliphatic carbocycles. The molecule has 2 heterocycles. The SMILES string of the molecule is CN(C)C1(c2cccs2)CCC2(CCN(C(=O)CCC(C)(C)O)C2)CC1. The minimum Gasteiger partial charge on any atom is -0.390 e. The van der Waals surface area contributed by atoms with Gasteiger partial charge in [0.15, 0.2) is 0 Å². The summed E-state index contributed by atoms with van der Waals surface area (Å²) in [6.07, 6.45) is 6.86. The van der Waals surface area contributed by atoms with E-state index in [1.54, 1.807) is 13.8 Å². The molecule has 1 saturated carbocycles. The quantitative estimate of drug-likeness (QED) is 0.846. The van der Waals surface area contributed by atoms with Gasteiger partial charge in [-0.3, -0.25) is 9.69 Å². The Morgan fingerprint density at radius 1 is 1.27 bits per heavy atom. The number of hydrogen-bond acceptors (Lipinski definition) is 4. The molecule has 26 heavy (non-hydrogen) atoms. The minimum atomic E-state index is -0.760. The molecule has 1 N–H and O–H groups in total. The number of rotatable bonds is 5. The molecule has 1 aromatic heterocycles. The third-order valence-electron chi connectivity index (χ3n) is 6.72. The molecule has 0 atom stereocenters. The zero-order valence-corrected chi connectivity index (χ0v) is 17.6. The predicted molar refractivity (Wildman–Crippen MR) is 107 cm³/mol. The van der Waals surface area contributed by atoms with Gasteiger partial charge in [0, 0.05) is 24.4 Å². The number of amides is 1. The molecule has 1 aromatic rings. The lowest BCUT2D eigenvalue weighted by Gasteiger charge is -2.48. The Morgan fingerprint density at radius 3 is 2.50 bits per heavy atom. The molecule has 0 aromatic carbocycles. The van der Waals surface area contributed by atoms with Crippen molar-refractivity contribution in [3.63, 3.8) is 0 Å². The van der Waals surface area contributed by atoms with E-state index in [9.17, 15) is 9.90 Å². The number of carbonyl (C=O) groups is 1. The molecular weight excluding hydrogens is 344 g/mol. The van der Waals surface area contributed by atoms with E-state index in [1.165, 1.54) is 30.6 Å². The lowest BCUT2D eigenvalue weighted by atomic mass is 9.66. The van der Waals surface area contributed by atoms with E-state index in [4.69, 9.17) is 0 Å². The van der Waals surface area contributed by atoms with Crippen molar-refractivity contribution in [2.45, 2.75) is 69.9 Å². The molecule has 1 amide bonds. The molecular formula is C21H34N2O2S. The van der Waals surface area contributed by atoms with Crippen molar-refractivity contribution in [2.24, 2.45) is 5.41 Å². The third kappa shape index (κ3) is 4.00. The van der Waals surface area contributed by atoms with Crippen molar-refractivity contribution in [3.05, 3.63) is 22.4 Å². The molecule has 4 nitrogen and oxygen atoms in total. The van der Waals surface area contributed by atoms with Gasteiger partial charge in [-0.25, -0.2) is 0 Å². The first-order valence-corrected chi connectivity index (χ1v) is 10.8. The van der Waals surface area contributed by atoms with Gasteiger partial charge >= 0.3 is 0 Å². The van der Waals surface area contributed by atoms with Crippen molar-refractivity contribution in [3.8, 4) is 0 Å². The van der Waals surface area contributed by atoms with Gasteiger partial charge in [-0.15, -0.1) is 11.3 Å². The van der Waals surface area contributed by atoms with Crippen LogP contribution in [0.2, 0.25) is 0 Å². The monoisotopic (exact) mass is 378 g/mol. The van der Waals surface area contributed by atoms with E-state index in [1.807, 2.05) is 11.3 Å². The van der Waals surface area contributed by atoms with Crippen LogP contribution in [0.25, 0.3) is 0 Å². The van der Waals surface area contributed by atoms with Gasteiger partial charge in [0.25, 0.3) is 0 Å². The van der Waals surface area contributed by atoms with Crippen molar-refractivity contribution in [1.29, 1.82) is 0 Å². The first kappa shape index (κ1) is 19.8. The topological polar surface area (TPSA) is 43.8 Å². The highest BCUT2D eigenvalue weighted by Gasteiger charge is 2.48. The van der Waals surface area contributed by atoms with E-state index < -0.39 is 5.60 Å². The van der Waals surface area contributed by atoms with Gasteiger partial charge in [0.2, 0.25) is 5.91 Å². The van der Waals surface area contributed by atoms with Crippen LogP contribution < -0.4 is 0 Å². The Hall–Kier alpha value is -0.910. The Labute approximate surface area is 162 Å². The second kappa shape index (κ2) is 7.25. The number of likely N-dealkylation sites (tertiary alicyclic amines) is 1. The number of aliphatic hydroxyl groups is 1. The van der Waals surface area contributed by atoms with E-state index in [0.717, 1.165) is 19.5 Å². The normalized spacial score (nSPS) is 29.7.